The molecule has 1 aromatic carbocycles. The molecule has 1 aliphatic rings. The van der Waals surface area contributed by atoms with Gasteiger partial charge in [0.25, 0.3) is 0 Å². The summed E-state index contributed by atoms with van der Waals surface area (Å²) in [6, 6.07) is 5.72. The average molecular weight is 307 g/mol. The van der Waals surface area contributed by atoms with E-state index in [2.05, 4.69) is 28.4 Å². The normalized spacial score (nSPS) is 13.8. The van der Waals surface area contributed by atoms with Gasteiger partial charge in [0, 0.05) is 29.1 Å². The summed E-state index contributed by atoms with van der Waals surface area (Å²) in [6.45, 7) is 2.35. The van der Waals surface area contributed by atoms with Crippen LogP contribution in [0.25, 0.3) is 6.08 Å². The number of ether oxygens (including phenoxy) is 1. The van der Waals surface area contributed by atoms with Gasteiger partial charge in [-0.05, 0) is 36.9 Å². The van der Waals surface area contributed by atoms with E-state index < -0.39 is 0 Å². The van der Waals surface area contributed by atoms with Crippen molar-refractivity contribution >= 4 is 29.0 Å². The molecule has 1 aromatic heterocycles. The number of thiazole rings is 1. The Labute approximate surface area is 127 Å². The van der Waals surface area contributed by atoms with E-state index in [0.717, 1.165) is 35.1 Å². The predicted molar refractivity (Wildman–Crippen MR) is 83.4 cm³/mol. The van der Waals surface area contributed by atoms with Crippen LogP contribution in [0.5, 0.6) is 5.75 Å². The molecule has 3 nitrogen and oxygen atoms in total. The zero-order valence-corrected chi connectivity index (χ0v) is 12.7. The fraction of sp³-hybridized carbons (Fsp3) is 0.267. The van der Waals surface area contributed by atoms with Crippen molar-refractivity contribution < 1.29 is 4.74 Å². The number of hydrogen-bond acceptors (Lipinski definition) is 4. The van der Waals surface area contributed by atoms with Gasteiger partial charge in [-0.2, -0.15) is 0 Å². The first-order valence-corrected chi connectivity index (χ1v) is 7.70. The molecule has 0 radical (unpaired) electrons. The van der Waals surface area contributed by atoms with E-state index in [0.29, 0.717) is 6.61 Å². The summed E-state index contributed by atoms with van der Waals surface area (Å²) in [7, 11) is 2.09. The number of likely N-dealkylation sites (N-methyl/N-ethyl adjacent to an activating group) is 1. The first kappa shape index (κ1) is 13.6. The van der Waals surface area contributed by atoms with Crippen molar-refractivity contribution in [3.05, 3.63) is 50.9 Å². The summed E-state index contributed by atoms with van der Waals surface area (Å²) in [5, 5.41) is 2.82. The lowest BCUT2D eigenvalue weighted by molar-refractivity contribution is 0.303. The Hall–Kier alpha value is -1.36. The smallest absolute Gasteiger partial charge is 0.127 e. The molecule has 0 aliphatic carbocycles. The minimum absolute atomic E-state index is 0.635. The molecule has 0 N–H and O–H groups in total. The van der Waals surface area contributed by atoms with Crippen LogP contribution in [0.15, 0.2) is 34.7 Å². The van der Waals surface area contributed by atoms with E-state index in [1.807, 2.05) is 23.7 Å². The molecule has 20 heavy (non-hydrogen) atoms. The molecular weight excluding hydrogens is 292 g/mol. The van der Waals surface area contributed by atoms with Crippen LogP contribution in [0.1, 0.15) is 11.3 Å². The SMILES string of the molecule is CN(CC1=Cc2cc(Cl)ccc2OC1)Cc1cscn1. The standard InChI is InChI=1S/C15H15ClN2OS/c1-18(7-14-9-20-10-17-14)6-11-4-12-5-13(16)2-3-15(12)19-8-11/h2-5,9-10H,6-8H2,1H3. The third-order valence-electron chi connectivity index (χ3n) is 3.13. The molecule has 0 saturated carbocycles. The molecule has 0 bridgehead atoms. The molecule has 104 valence electrons. The van der Waals surface area contributed by atoms with Gasteiger partial charge in [0.2, 0.25) is 0 Å². The van der Waals surface area contributed by atoms with Crippen LogP contribution in [0, 0.1) is 0 Å². The Morgan fingerprint density at radius 3 is 3.10 bits per heavy atom. The highest BCUT2D eigenvalue weighted by Gasteiger charge is 2.13. The van der Waals surface area contributed by atoms with E-state index >= 15 is 0 Å². The zero-order valence-electron chi connectivity index (χ0n) is 11.2. The van der Waals surface area contributed by atoms with Gasteiger partial charge in [-0.25, -0.2) is 4.98 Å². The van der Waals surface area contributed by atoms with Gasteiger partial charge < -0.3 is 4.74 Å². The molecule has 0 amide bonds. The van der Waals surface area contributed by atoms with Crippen molar-refractivity contribution in [3.63, 3.8) is 0 Å². The second-order valence-corrected chi connectivity index (χ2v) is 6.08. The van der Waals surface area contributed by atoms with Gasteiger partial charge in [0.1, 0.15) is 12.4 Å². The minimum atomic E-state index is 0.635. The summed E-state index contributed by atoms with van der Waals surface area (Å²) in [6.07, 6.45) is 2.17. The van der Waals surface area contributed by atoms with Crippen molar-refractivity contribution in [1.29, 1.82) is 0 Å². The molecular formula is C15H15ClN2OS. The van der Waals surface area contributed by atoms with Gasteiger partial charge in [0.05, 0.1) is 11.2 Å². The maximum atomic E-state index is 6.02. The van der Waals surface area contributed by atoms with Gasteiger partial charge in [0.15, 0.2) is 0 Å². The van der Waals surface area contributed by atoms with Crippen molar-refractivity contribution in [2.75, 3.05) is 20.2 Å². The highest BCUT2D eigenvalue weighted by Crippen LogP contribution is 2.29. The van der Waals surface area contributed by atoms with E-state index in [-0.39, 0.29) is 0 Å². The first-order chi connectivity index (χ1) is 9.70. The Kier molecular flexibility index (Phi) is 4.05. The van der Waals surface area contributed by atoms with Crippen LogP contribution in [-0.2, 0) is 6.54 Å². The summed E-state index contributed by atoms with van der Waals surface area (Å²) in [4.78, 5) is 6.54. The predicted octanol–water partition coefficient (Wildman–Crippen LogP) is 3.70. The second kappa shape index (κ2) is 5.95. The Morgan fingerprint density at radius 2 is 2.30 bits per heavy atom. The molecule has 2 heterocycles. The second-order valence-electron chi connectivity index (χ2n) is 4.93. The number of aromatic nitrogens is 1. The maximum absolute atomic E-state index is 6.02. The highest BCUT2D eigenvalue weighted by molar-refractivity contribution is 7.07. The van der Waals surface area contributed by atoms with Gasteiger partial charge >= 0.3 is 0 Å². The fourth-order valence-corrected chi connectivity index (χ4v) is 3.01. The number of halogens is 1. The molecule has 0 fully saturated rings. The third kappa shape index (κ3) is 3.20. The van der Waals surface area contributed by atoms with Crippen molar-refractivity contribution in [2.45, 2.75) is 6.54 Å². The number of rotatable bonds is 4. The van der Waals surface area contributed by atoms with Crippen molar-refractivity contribution in [1.82, 2.24) is 9.88 Å². The molecule has 3 rings (SSSR count). The average Bonchev–Trinajstić information content (AvgIpc) is 2.91. The largest absolute Gasteiger partial charge is 0.489 e. The van der Waals surface area contributed by atoms with Crippen LogP contribution < -0.4 is 4.74 Å². The monoisotopic (exact) mass is 306 g/mol. The van der Waals surface area contributed by atoms with Crippen LogP contribution >= 0.6 is 22.9 Å². The first-order valence-electron chi connectivity index (χ1n) is 6.38. The van der Waals surface area contributed by atoms with Gasteiger partial charge in [-0.3, -0.25) is 4.90 Å². The molecule has 5 heteroatoms. The molecule has 0 unspecified atom stereocenters. The van der Waals surface area contributed by atoms with Crippen LogP contribution in [0.4, 0.5) is 0 Å². The number of hydrogen-bond donors (Lipinski definition) is 0. The van der Waals surface area contributed by atoms with Gasteiger partial charge in [-0.15, -0.1) is 11.3 Å². The minimum Gasteiger partial charge on any atom is -0.489 e. The molecule has 0 atom stereocenters. The van der Waals surface area contributed by atoms with E-state index in [1.54, 1.807) is 11.3 Å². The lowest BCUT2D eigenvalue weighted by Crippen LogP contribution is -2.24. The molecule has 1 aliphatic heterocycles. The Balaban J connectivity index is 1.69. The van der Waals surface area contributed by atoms with Crippen molar-refractivity contribution in [3.8, 4) is 5.75 Å². The third-order valence-corrected chi connectivity index (χ3v) is 4.00. The molecule has 0 saturated heterocycles. The molecule has 2 aromatic rings. The van der Waals surface area contributed by atoms with E-state index in [1.165, 1.54) is 5.57 Å². The van der Waals surface area contributed by atoms with Crippen LogP contribution in [0.3, 0.4) is 0 Å². The quantitative estimate of drug-likeness (QED) is 0.861. The van der Waals surface area contributed by atoms with Crippen LogP contribution in [0.2, 0.25) is 5.02 Å². The van der Waals surface area contributed by atoms with Gasteiger partial charge in [-0.1, -0.05) is 11.6 Å². The highest BCUT2D eigenvalue weighted by atomic mass is 35.5. The van der Waals surface area contributed by atoms with E-state index in [4.69, 9.17) is 16.3 Å². The Morgan fingerprint density at radius 1 is 1.40 bits per heavy atom. The summed E-state index contributed by atoms with van der Waals surface area (Å²) in [5.74, 6) is 0.903. The summed E-state index contributed by atoms with van der Waals surface area (Å²) >= 11 is 7.65. The topological polar surface area (TPSA) is 25.4 Å². The van der Waals surface area contributed by atoms with Crippen LogP contribution in [-0.4, -0.2) is 30.1 Å². The molecule has 0 spiro atoms. The summed E-state index contributed by atoms with van der Waals surface area (Å²) < 4.78 is 5.76. The lowest BCUT2D eigenvalue weighted by Gasteiger charge is -2.22. The van der Waals surface area contributed by atoms with E-state index in [9.17, 15) is 0 Å². The number of benzene rings is 1. The summed E-state index contributed by atoms with van der Waals surface area (Å²) in [5.41, 5.74) is 5.28. The fourth-order valence-electron chi connectivity index (χ4n) is 2.28. The lowest BCUT2D eigenvalue weighted by atomic mass is 10.1. The van der Waals surface area contributed by atoms with Crippen molar-refractivity contribution in [2.24, 2.45) is 0 Å². The number of fused-ring (bicyclic) bond motifs is 1. The number of nitrogens with zero attached hydrogens (tertiary/aromatic N) is 2. The Bertz CT molecular complexity index is 625. The maximum Gasteiger partial charge on any atom is 0.127 e. The zero-order chi connectivity index (χ0) is 13.9.